The number of nitro benzene ring substituents is 2. The summed E-state index contributed by atoms with van der Waals surface area (Å²) in [7, 11) is 0. The van der Waals surface area contributed by atoms with E-state index in [4.69, 9.17) is 0 Å². The van der Waals surface area contributed by atoms with E-state index in [1.807, 2.05) is 20.8 Å². The molecule has 0 saturated heterocycles. The second kappa shape index (κ2) is 9.19. The maximum absolute atomic E-state index is 12.4. The van der Waals surface area contributed by atoms with Crippen LogP contribution in [-0.4, -0.2) is 33.5 Å². The van der Waals surface area contributed by atoms with Crippen molar-refractivity contribution in [3.05, 3.63) is 77.9 Å². The van der Waals surface area contributed by atoms with Crippen molar-refractivity contribution in [2.24, 2.45) is 11.3 Å². The van der Waals surface area contributed by atoms with Gasteiger partial charge in [0.2, 0.25) is 0 Å². The zero-order valence-corrected chi connectivity index (χ0v) is 20.4. The summed E-state index contributed by atoms with van der Waals surface area (Å²) in [6.07, 6.45) is 1.28. The van der Waals surface area contributed by atoms with Gasteiger partial charge in [0.05, 0.1) is 32.1 Å². The molecule has 1 atom stereocenters. The van der Waals surface area contributed by atoms with E-state index in [0.29, 0.717) is 12.8 Å². The number of nitrogens with one attached hydrogen (secondary N) is 2. The number of carbonyl (C=O) groups excluding carboxylic acids is 4. The molecule has 4 rings (SSSR count). The minimum Gasteiger partial charge on any atom is -0.288 e. The summed E-state index contributed by atoms with van der Waals surface area (Å²) >= 11 is 0. The molecule has 0 aliphatic carbocycles. The summed E-state index contributed by atoms with van der Waals surface area (Å²) in [5, 5.41) is 27.6. The van der Waals surface area contributed by atoms with Crippen LogP contribution in [0.4, 0.5) is 11.4 Å². The molecular formula is C25H24N4O8. The molecule has 1 unspecified atom stereocenters. The lowest BCUT2D eigenvalue weighted by Crippen LogP contribution is -2.22. The van der Waals surface area contributed by atoms with E-state index in [2.05, 4.69) is 10.6 Å². The van der Waals surface area contributed by atoms with Crippen LogP contribution in [0.3, 0.4) is 0 Å². The molecule has 2 aromatic carbocycles. The van der Waals surface area contributed by atoms with E-state index in [9.17, 15) is 39.4 Å². The van der Waals surface area contributed by atoms with Gasteiger partial charge in [0, 0.05) is 23.3 Å². The number of benzene rings is 2. The molecule has 4 amide bonds. The number of rotatable bonds is 9. The molecule has 0 bridgehead atoms. The van der Waals surface area contributed by atoms with Gasteiger partial charge in [-0.05, 0) is 49.1 Å². The molecule has 12 nitrogen and oxygen atoms in total. The van der Waals surface area contributed by atoms with Gasteiger partial charge in [0.25, 0.3) is 35.0 Å². The Kier molecular flexibility index (Phi) is 6.36. The van der Waals surface area contributed by atoms with Crippen molar-refractivity contribution in [3.63, 3.8) is 0 Å². The quantitative estimate of drug-likeness (QED) is 0.293. The van der Waals surface area contributed by atoms with Gasteiger partial charge in [-0.3, -0.25) is 50.0 Å². The lowest BCUT2D eigenvalue weighted by atomic mass is 9.76. The number of fused-ring (bicyclic) bond motifs is 2. The Labute approximate surface area is 210 Å². The zero-order valence-electron chi connectivity index (χ0n) is 20.4. The average molecular weight is 508 g/mol. The summed E-state index contributed by atoms with van der Waals surface area (Å²) in [4.78, 5) is 70.9. The third-order valence-corrected chi connectivity index (χ3v) is 6.87. The molecule has 12 heteroatoms. The van der Waals surface area contributed by atoms with Gasteiger partial charge in [-0.15, -0.1) is 0 Å². The maximum atomic E-state index is 12.4. The van der Waals surface area contributed by atoms with Crippen LogP contribution in [-0.2, 0) is 12.8 Å². The van der Waals surface area contributed by atoms with E-state index in [-0.39, 0.29) is 63.5 Å². The minimum absolute atomic E-state index is 0.0224. The standard InChI is InChI=1S/C25H24N4O8/c1-12(10-16-18(29(36)37)7-5-15-20(16)24(33)27-22(15)31)11-25(2,3)9-8-13-17(28(34)35)6-4-14-19(13)23(32)26-21(14)30/h4-7,12H,8-11H2,1-3H3,(H,26,30,32)(H,27,31,33). The van der Waals surface area contributed by atoms with Gasteiger partial charge in [0.15, 0.2) is 0 Å². The summed E-state index contributed by atoms with van der Waals surface area (Å²) in [5.74, 6) is -2.68. The predicted octanol–water partition coefficient (Wildman–Crippen LogP) is 3.50. The molecule has 192 valence electrons. The van der Waals surface area contributed by atoms with Crippen LogP contribution in [0.25, 0.3) is 0 Å². The highest BCUT2D eigenvalue weighted by molar-refractivity contribution is 6.23. The first-order valence-corrected chi connectivity index (χ1v) is 11.6. The molecule has 37 heavy (non-hydrogen) atoms. The largest absolute Gasteiger partial charge is 0.288 e. The molecule has 2 aromatic rings. The topological polar surface area (TPSA) is 179 Å². The Morgan fingerprint density at radius 1 is 0.784 bits per heavy atom. The Hall–Kier alpha value is -4.48. The SMILES string of the molecule is CC(Cc1c([N+](=O)[O-])ccc2c1C(=O)NC2=O)CC(C)(C)CCc1c([N+](=O)[O-])ccc2c1C(=O)NC2=O. The first-order valence-electron chi connectivity index (χ1n) is 11.6. The fraction of sp³-hybridized carbons (Fsp3) is 0.360. The van der Waals surface area contributed by atoms with Crippen molar-refractivity contribution >= 4 is 35.0 Å². The molecule has 0 spiro atoms. The van der Waals surface area contributed by atoms with E-state index < -0.39 is 38.9 Å². The van der Waals surface area contributed by atoms with Crippen LogP contribution in [0.1, 0.15) is 86.2 Å². The van der Waals surface area contributed by atoms with Crippen molar-refractivity contribution in [2.75, 3.05) is 0 Å². The normalized spacial score (nSPS) is 15.2. The van der Waals surface area contributed by atoms with Crippen molar-refractivity contribution in [3.8, 4) is 0 Å². The fourth-order valence-electron chi connectivity index (χ4n) is 5.37. The zero-order chi connectivity index (χ0) is 27.2. The van der Waals surface area contributed by atoms with E-state index >= 15 is 0 Å². The van der Waals surface area contributed by atoms with Crippen LogP contribution in [0.2, 0.25) is 0 Å². The number of nitrogens with zero attached hydrogens (tertiary/aromatic N) is 2. The Balaban J connectivity index is 1.56. The highest BCUT2D eigenvalue weighted by atomic mass is 16.6. The predicted molar refractivity (Wildman–Crippen MR) is 129 cm³/mol. The number of carbonyl (C=O) groups is 4. The molecular weight excluding hydrogens is 484 g/mol. The van der Waals surface area contributed by atoms with Crippen molar-refractivity contribution in [1.29, 1.82) is 0 Å². The monoisotopic (exact) mass is 508 g/mol. The molecule has 0 radical (unpaired) electrons. The lowest BCUT2D eigenvalue weighted by molar-refractivity contribution is -0.385. The molecule has 2 N–H and O–H groups in total. The van der Waals surface area contributed by atoms with E-state index in [1.54, 1.807) is 0 Å². The Morgan fingerprint density at radius 3 is 1.73 bits per heavy atom. The van der Waals surface area contributed by atoms with E-state index in [0.717, 1.165) is 0 Å². The van der Waals surface area contributed by atoms with E-state index in [1.165, 1.54) is 24.3 Å². The third kappa shape index (κ3) is 4.69. The maximum Gasteiger partial charge on any atom is 0.273 e. The fourth-order valence-corrected chi connectivity index (χ4v) is 5.37. The van der Waals surface area contributed by atoms with Crippen LogP contribution in [0, 0.1) is 31.6 Å². The summed E-state index contributed by atoms with van der Waals surface area (Å²) in [5.41, 5.74) is -0.258. The van der Waals surface area contributed by atoms with Crippen LogP contribution in [0.15, 0.2) is 24.3 Å². The molecule has 2 aliphatic heterocycles. The summed E-state index contributed by atoms with van der Waals surface area (Å²) < 4.78 is 0. The Morgan fingerprint density at radius 2 is 1.24 bits per heavy atom. The number of amides is 4. The van der Waals surface area contributed by atoms with Crippen molar-refractivity contribution in [2.45, 2.75) is 46.5 Å². The number of hydrogen-bond donors (Lipinski definition) is 2. The first kappa shape index (κ1) is 25.6. The number of hydrogen-bond acceptors (Lipinski definition) is 8. The average Bonchev–Trinajstić information content (AvgIpc) is 3.26. The molecule has 2 heterocycles. The smallest absolute Gasteiger partial charge is 0.273 e. The second-order valence-electron chi connectivity index (χ2n) is 10.2. The van der Waals surface area contributed by atoms with Gasteiger partial charge in [0.1, 0.15) is 0 Å². The highest BCUT2D eigenvalue weighted by Crippen LogP contribution is 2.38. The summed E-state index contributed by atoms with van der Waals surface area (Å²) in [6.45, 7) is 5.74. The van der Waals surface area contributed by atoms with Crippen LogP contribution >= 0.6 is 0 Å². The van der Waals surface area contributed by atoms with Gasteiger partial charge in [-0.1, -0.05) is 20.8 Å². The first-order chi connectivity index (χ1) is 17.3. The molecule has 0 saturated carbocycles. The van der Waals surface area contributed by atoms with Crippen molar-refractivity contribution in [1.82, 2.24) is 10.6 Å². The third-order valence-electron chi connectivity index (χ3n) is 6.87. The van der Waals surface area contributed by atoms with Gasteiger partial charge in [-0.25, -0.2) is 0 Å². The molecule has 2 aliphatic rings. The Bertz CT molecular complexity index is 1410. The molecule has 0 fully saturated rings. The van der Waals surface area contributed by atoms with Crippen LogP contribution in [0.5, 0.6) is 0 Å². The van der Waals surface area contributed by atoms with Gasteiger partial charge in [-0.2, -0.15) is 0 Å². The van der Waals surface area contributed by atoms with Gasteiger partial charge < -0.3 is 0 Å². The second-order valence-corrected chi connectivity index (χ2v) is 10.2. The number of imide groups is 2. The molecule has 0 aromatic heterocycles. The summed E-state index contributed by atoms with van der Waals surface area (Å²) in [6, 6.07) is 5.00. The number of nitro groups is 2. The van der Waals surface area contributed by atoms with Crippen LogP contribution < -0.4 is 10.6 Å². The van der Waals surface area contributed by atoms with Gasteiger partial charge >= 0.3 is 0 Å². The minimum atomic E-state index is -0.664. The highest BCUT2D eigenvalue weighted by Gasteiger charge is 2.36. The van der Waals surface area contributed by atoms with Crippen molar-refractivity contribution < 1.29 is 29.0 Å². The lowest BCUT2D eigenvalue weighted by Gasteiger charge is -2.28.